The number of halogens is 1. The van der Waals surface area contributed by atoms with Crippen molar-refractivity contribution < 1.29 is 9.53 Å². The van der Waals surface area contributed by atoms with E-state index < -0.39 is 5.60 Å². The van der Waals surface area contributed by atoms with Gasteiger partial charge < -0.3 is 21.1 Å². The molecule has 1 fully saturated rings. The molecule has 0 aromatic carbocycles. The van der Waals surface area contributed by atoms with Crippen LogP contribution in [0.1, 0.15) is 65.7 Å². The van der Waals surface area contributed by atoms with Crippen LogP contribution in [0.25, 0.3) is 0 Å². The number of hydrogen-bond donors (Lipinski definition) is 3. The lowest BCUT2D eigenvalue weighted by molar-refractivity contribution is 0.0527. The fourth-order valence-electron chi connectivity index (χ4n) is 2.46. The van der Waals surface area contributed by atoms with E-state index >= 15 is 0 Å². The minimum absolute atomic E-state index is 0. The second kappa shape index (κ2) is 11.8. The summed E-state index contributed by atoms with van der Waals surface area (Å²) in [6.45, 7) is 6.67. The van der Waals surface area contributed by atoms with Gasteiger partial charge in [0.1, 0.15) is 5.60 Å². The molecule has 0 aromatic heterocycles. The molecule has 4 N–H and O–H groups in total. The van der Waals surface area contributed by atoms with Gasteiger partial charge >= 0.3 is 6.09 Å². The number of carbonyl (C=O) groups excluding carboxylic acids is 1. The van der Waals surface area contributed by atoms with E-state index in [9.17, 15) is 4.79 Å². The van der Waals surface area contributed by atoms with E-state index in [-0.39, 0.29) is 30.1 Å². The van der Waals surface area contributed by atoms with E-state index in [1.807, 2.05) is 20.8 Å². The van der Waals surface area contributed by atoms with Gasteiger partial charge in [0, 0.05) is 19.1 Å². The van der Waals surface area contributed by atoms with Crippen LogP contribution in [0.4, 0.5) is 4.79 Å². The van der Waals surface area contributed by atoms with Crippen molar-refractivity contribution in [3.05, 3.63) is 0 Å². The highest BCUT2D eigenvalue weighted by Gasteiger charge is 2.15. The Labute approximate surface area is 157 Å². The molecule has 23 heavy (non-hydrogen) atoms. The summed E-state index contributed by atoms with van der Waals surface area (Å²) < 4.78 is 5.15. The molecular formula is C16H33IN4O2. The van der Waals surface area contributed by atoms with Gasteiger partial charge in [0.2, 0.25) is 0 Å². The number of ether oxygens (including phenoxy) is 1. The van der Waals surface area contributed by atoms with Crippen LogP contribution >= 0.6 is 24.0 Å². The van der Waals surface area contributed by atoms with E-state index in [0.29, 0.717) is 25.1 Å². The highest BCUT2D eigenvalue weighted by Crippen LogP contribution is 2.16. The molecule has 0 bridgehead atoms. The molecule has 0 spiro atoms. The minimum Gasteiger partial charge on any atom is -0.444 e. The van der Waals surface area contributed by atoms with E-state index in [2.05, 4.69) is 15.6 Å². The topological polar surface area (TPSA) is 88.7 Å². The Kier molecular flexibility index (Phi) is 11.4. The van der Waals surface area contributed by atoms with Crippen LogP contribution in [0.5, 0.6) is 0 Å². The van der Waals surface area contributed by atoms with E-state index in [0.717, 1.165) is 6.42 Å². The van der Waals surface area contributed by atoms with Crippen LogP contribution < -0.4 is 16.4 Å². The number of nitrogens with two attached hydrogens (primary N) is 1. The molecule has 0 atom stereocenters. The number of amides is 1. The van der Waals surface area contributed by atoms with Gasteiger partial charge in [-0.2, -0.15) is 0 Å². The Bertz CT molecular complexity index is 362. The molecule has 0 saturated heterocycles. The smallest absolute Gasteiger partial charge is 0.407 e. The van der Waals surface area contributed by atoms with Crippen molar-refractivity contribution in [1.29, 1.82) is 0 Å². The molecule has 0 aromatic rings. The summed E-state index contributed by atoms with van der Waals surface area (Å²) in [6, 6.07) is 0.464. The first kappa shape index (κ1) is 22.3. The first-order valence-corrected chi connectivity index (χ1v) is 8.40. The summed E-state index contributed by atoms with van der Waals surface area (Å²) in [6.07, 6.45) is 7.90. The van der Waals surface area contributed by atoms with Crippen molar-refractivity contribution in [1.82, 2.24) is 10.6 Å². The molecule has 0 aliphatic heterocycles. The zero-order valence-electron chi connectivity index (χ0n) is 14.7. The van der Waals surface area contributed by atoms with E-state index in [4.69, 9.17) is 10.5 Å². The Hall–Kier alpha value is -0.730. The Morgan fingerprint density at radius 2 is 1.83 bits per heavy atom. The van der Waals surface area contributed by atoms with Crippen molar-refractivity contribution in [2.75, 3.05) is 13.1 Å². The molecule has 0 heterocycles. The molecule has 6 nitrogen and oxygen atoms in total. The third-order valence-electron chi connectivity index (χ3n) is 3.49. The average molecular weight is 440 g/mol. The van der Waals surface area contributed by atoms with E-state index in [1.54, 1.807) is 0 Å². The van der Waals surface area contributed by atoms with Crippen LogP contribution in [0, 0.1) is 0 Å². The third-order valence-corrected chi connectivity index (χ3v) is 3.49. The van der Waals surface area contributed by atoms with Crippen molar-refractivity contribution in [2.24, 2.45) is 10.7 Å². The maximum atomic E-state index is 11.4. The summed E-state index contributed by atoms with van der Waals surface area (Å²) in [7, 11) is 0. The Morgan fingerprint density at radius 1 is 1.22 bits per heavy atom. The van der Waals surface area contributed by atoms with Crippen LogP contribution in [0.15, 0.2) is 4.99 Å². The molecule has 1 saturated carbocycles. The first-order chi connectivity index (χ1) is 10.4. The molecular weight excluding hydrogens is 407 g/mol. The summed E-state index contributed by atoms with van der Waals surface area (Å²) >= 11 is 0. The number of alkyl carbamates (subject to hydrolysis) is 1. The number of guanidine groups is 1. The molecule has 1 amide bonds. The summed E-state index contributed by atoms with van der Waals surface area (Å²) in [5.41, 5.74) is 5.44. The zero-order valence-corrected chi connectivity index (χ0v) is 17.0. The van der Waals surface area contributed by atoms with Crippen LogP contribution in [-0.4, -0.2) is 36.8 Å². The molecule has 0 unspecified atom stereocenters. The fraction of sp³-hybridized carbons (Fsp3) is 0.875. The van der Waals surface area contributed by atoms with Gasteiger partial charge in [0.15, 0.2) is 5.96 Å². The number of nitrogens with zero attached hydrogens (tertiary/aromatic N) is 1. The van der Waals surface area contributed by atoms with E-state index in [1.165, 1.54) is 38.5 Å². The Balaban J connectivity index is 0.00000484. The first-order valence-electron chi connectivity index (χ1n) is 8.40. The SMILES string of the molecule is CC(C)(C)OC(=O)NCCCN=C(N)NC1CCCCCC1.I. The zero-order chi connectivity index (χ0) is 16.4. The number of nitrogens with one attached hydrogen (secondary N) is 2. The lowest BCUT2D eigenvalue weighted by Gasteiger charge is -2.19. The van der Waals surface area contributed by atoms with Gasteiger partial charge in [-0.1, -0.05) is 25.7 Å². The maximum Gasteiger partial charge on any atom is 0.407 e. The summed E-state index contributed by atoms with van der Waals surface area (Å²) in [5, 5.41) is 6.02. The van der Waals surface area contributed by atoms with Crippen molar-refractivity contribution in [3.63, 3.8) is 0 Å². The number of hydrogen-bond acceptors (Lipinski definition) is 3. The van der Waals surface area contributed by atoms with Crippen molar-refractivity contribution >= 4 is 36.0 Å². The van der Waals surface area contributed by atoms with Crippen LogP contribution in [0.2, 0.25) is 0 Å². The molecule has 7 heteroatoms. The number of aliphatic imine (C=N–C) groups is 1. The quantitative estimate of drug-likeness (QED) is 0.202. The van der Waals surface area contributed by atoms with Crippen LogP contribution in [0.3, 0.4) is 0 Å². The molecule has 1 rings (SSSR count). The van der Waals surface area contributed by atoms with Crippen molar-refractivity contribution in [3.8, 4) is 0 Å². The average Bonchev–Trinajstić information content (AvgIpc) is 2.64. The largest absolute Gasteiger partial charge is 0.444 e. The molecule has 1 aliphatic carbocycles. The highest BCUT2D eigenvalue weighted by atomic mass is 127. The maximum absolute atomic E-state index is 11.4. The number of carbonyl (C=O) groups is 1. The number of rotatable bonds is 5. The second-order valence-corrected chi connectivity index (χ2v) is 6.88. The predicted molar refractivity (Wildman–Crippen MR) is 105 cm³/mol. The lowest BCUT2D eigenvalue weighted by atomic mass is 10.1. The van der Waals surface area contributed by atoms with Gasteiger partial charge in [0.05, 0.1) is 0 Å². The molecule has 136 valence electrons. The van der Waals surface area contributed by atoms with Gasteiger partial charge in [-0.3, -0.25) is 4.99 Å². The monoisotopic (exact) mass is 440 g/mol. The third kappa shape index (κ3) is 12.4. The molecule has 0 radical (unpaired) electrons. The summed E-state index contributed by atoms with van der Waals surface area (Å²) in [5.74, 6) is 0.518. The lowest BCUT2D eigenvalue weighted by Crippen LogP contribution is -2.40. The minimum atomic E-state index is -0.463. The van der Waals surface area contributed by atoms with Gasteiger partial charge in [-0.05, 0) is 40.0 Å². The predicted octanol–water partition coefficient (Wildman–Crippen LogP) is 3.15. The highest BCUT2D eigenvalue weighted by molar-refractivity contribution is 14.0. The van der Waals surface area contributed by atoms with Gasteiger partial charge in [-0.15, -0.1) is 24.0 Å². The van der Waals surface area contributed by atoms with Gasteiger partial charge in [-0.25, -0.2) is 4.79 Å². The Morgan fingerprint density at radius 3 is 2.39 bits per heavy atom. The standard InChI is InChI=1S/C16H32N4O2.HI/c1-16(2,3)22-15(21)19-12-8-11-18-14(17)20-13-9-6-4-5-7-10-13;/h13H,4-12H2,1-3H3,(H,19,21)(H3,17,18,20);1H. The summed E-state index contributed by atoms with van der Waals surface area (Å²) in [4.78, 5) is 15.8. The van der Waals surface area contributed by atoms with Crippen LogP contribution in [-0.2, 0) is 4.74 Å². The fourth-order valence-corrected chi connectivity index (χ4v) is 2.46. The molecule has 1 aliphatic rings. The van der Waals surface area contributed by atoms with Gasteiger partial charge in [0.25, 0.3) is 0 Å². The van der Waals surface area contributed by atoms with Crippen molar-refractivity contribution in [2.45, 2.75) is 77.4 Å². The normalized spacial score (nSPS) is 16.9. The second-order valence-electron chi connectivity index (χ2n) is 6.88.